The van der Waals surface area contributed by atoms with E-state index in [1.165, 1.54) is 37.0 Å². The molecule has 5 aromatic rings. The first-order valence-electron chi connectivity index (χ1n) is 11.9. The highest BCUT2D eigenvalue weighted by atomic mass is 35.5. The zero-order chi connectivity index (χ0) is 29.8. The van der Waals surface area contributed by atoms with E-state index in [2.05, 4.69) is 14.8 Å². The number of aryl methyl sites for hydroxylation is 1. The summed E-state index contributed by atoms with van der Waals surface area (Å²) in [6.07, 6.45) is 0.786. The van der Waals surface area contributed by atoms with E-state index in [4.69, 9.17) is 22.1 Å². The van der Waals surface area contributed by atoms with Crippen molar-refractivity contribution in [1.29, 1.82) is 0 Å². The number of halogens is 4. The summed E-state index contributed by atoms with van der Waals surface area (Å²) in [6, 6.07) is 7.02. The molecule has 0 saturated heterocycles. The van der Waals surface area contributed by atoms with Gasteiger partial charge in [0.1, 0.15) is 34.4 Å². The van der Waals surface area contributed by atoms with E-state index in [0.717, 1.165) is 29.0 Å². The van der Waals surface area contributed by atoms with Crippen molar-refractivity contribution in [1.82, 2.24) is 19.3 Å². The molecule has 3 aromatic carbocycles. The lowest BCUT2D eigenvalue weighted by Gasteiger charge is -2.20. The van der Waals surface area contributed by atoms with Crippen LogP contribution in [0.2, 0.25) is 5.02 Å². The summed E-state index contributed by atoms with van der Waals surface area (Å²) in [6.45, 7) is 0. The minimum Gasteiger partial charge on any atom is -0.497 e. The molecular formula is C26H22ClF3N6O4S. The molecule has 0 aliphatic carbocycles. The Balaban J connectivity index is 1.84. The topological polar surface area (TPSA) is 134 Å². The van der Waals surface area contributed by atoms with Crippen LogP contribution in [-0.2, 0) is 23.5 Å². The molecule has 214 valence electrons. The molecule has 0 bridgehead atoms. The second-order valence-electron chi connectivity index (χ2n) is 9.34. The Bertz CT molecular complexity index is 2010. The predicted octanol–water partition coefficient (Wildman–Crippen LogP) is 3.97. The Hall–Kier alpha value is -4.14. The van der Waals surface area contributed by atoms with Crippen LogP contribution in [0.15, 0.2) is 47.3 Å². The first kappa shape index (κ1) is 28.4. The molecule has 5 rings (SSSR count). The Labute approximate surface area is 236 Å². The van der Waals surface area contributed by atoms with Crippen LogP contribution in [-0.4, -0.2) is 41.1 Å². The third kappa shape index (κ3) is 5.33. The first-order chi connectivity index (χ1) is 19.3. The molecule has 2 heterocycles. The number of nitrogens with one attached hydrogen (secondary N) is 1. The fourth-order valence-electron chi connectivity index (χ4n) is 4.72. The fraction of sp³-hybridized carbons (Fsp3) is 0.192. The zero-order valence-electron chi connectivity index (χ0n) is 21.7. The second-order valence-corrected chi connectivity index (χ2v) is 11.5. The third-order valence-electron chi connectivity index (χ3n) is 6.31. The van der Waals surface area contributed by atoms with E-state index in [-0.39, 0.29) is 61.9 Å². The fourth-order valence-corrected chi connectivity index (χ4v) is 5.45. The van der Waals surface area contributed by atoms with Gasteiger partial charge in [-0.25, -0.2) is 26.6 Å². The van der Waals surface area contributed by atoms with Crippen molar-refractivity contribution in [2.24, 2.45) is 12.8 Å². The van der Waals surface area contributed by atoms with Gasteiger partial charge in [0.2, 0.25) is 10.0 Å². The predicted molar refractivity (Wildman–Crippen MR) is 149 cm³/mol. The van der Waals surface area contributed by atoms with Gasteiger partial charge in [-0.3, -0.25) is 18.8 Å². The molecule has 1 unspecified atom stereocenters. The number of sulfonamides is 1. The maximum atomic E-state index is 15.2. The summed E-state index contributed by atoms with van der Waals surface area (Å²) in [7, 11) is -0.953. The number of hydrogen-bond donors (Lipinski definition) is 2. The highest BCUT2D eigenvalue weighted by molar-refractivity contribution is 7.92. The molecule has 0 spiro atoms. The summed E-state index contributed by atoms with van der Waals surface area (Å²) < 4.78 is 76.8. The van der Waals surface area contributed by atoms with Crippen molar-refractivity contribution < 1.29 is 26.3 Å². The summed E-state index contributed by atoms with van der Waals surface area (Å²) in [5.41, 5.74) is 6.08. The highest BCUT2D eigenvalue weighted by Gasteiger charge is 2.26. The third-order valence-corrected chi connectivity index (χ3v) is 7.19. The minimum atomic E-state index is -3.77. The van der Waals surface area contributed by atoms with Gasteiger partial charge >= 0.3 is 0 Å². The van der Waals surface area contributed by atoms with Crippen LogP contribution in [0.1, 0.15) is 17.4 Å². The summed E-state index contributed by atoms with van der Waals surface area (Å²) in [5, 5.41) is 4.11. The average molecular weight is 607 g/mol. The van der Waals surface area contributed by atoms with Gasteiger partial charge in [0.25, 0.3) is 5.56 Å². The van der Waals surface area contributed by atoms with Crippen LogP contribution in [0.4, 0.5) is 19.0 Å². The van der Waals surface area contributed by atoms with Gasteiger partial charge in [-0.05, 0) is 36.2 Å². The Morgan fingerprint density at radius 2 is 1.78 bits per heavy atom. The van der Waals surface area contributed by atoms with Crippen LogP contribution in [0.3, 0.4) is 0 Å². The number of aromatic nitrogens is 4. The number of rotatable bonds is 7. The molecule has 0 saturated carbocycles. The lowest BCUT2D eigenvalue weighted by atomic mass is 10.0. The highest BCUT2D eigenvalue weighted by Crippen LogP contribution is 2.35. The Morgan fingerprint density at radius 1 is 1.10 bits per heavy atom. The molecule has 3 N–H and O–H groups in total. The van der Waals surface area contributed by atoms with Crippen molar-refractivity contribution in [3.05, 3.63) is 86.7 Å². The van der Waals surface area contributed by atoms with Crippen molar-refractivity contribution in [3.63, 3.8) is 0 Å². The number of fused-ring (bicyclic) bond motifs is 2. The van der Waals surface area contributed by atoms with Gasteiger partial charge in [-0.2, -0.15) is 5.10 Å². The normalized spacial score (nSPS) is 12.7. The number of nitrogens with two attached hydrogens (primary N) is 1. The largest absolute Gasteiger partial charge is 0.497 e. The van der Waals surface area contributed by atoms with Gasteiger partial charge in [-0.1, -0.05) is 11.6 Å². The number of methoxy groups -OCH3 is 1. The van der Waals surface area contributed by atoms with E-state index in [1.807, 2.05) is 0 Å². The van der Waals surface area contributed by atoms with E-state index < -0.39 is 39.1 Å². The second kappa shape index (κ2) is 10.4. The van der Waals surface area contributed by atoms with Gasteiger partial charge in [0, 0.05) is 25.2 Å². The Morgan fingerprint density at radius 3 is 2.41 bits per heavy atom. The average Bonchev–Trinajstić information content (AvgIpc) is 3.18. The van der Waals surface area contributed by atoms with Crippen LogP contribution < -0.4 is 20.8 Å². The molecule has 0 fully saturated rings. The van der Waals surface area contributed by atoms with Crippen LogP contribution in [0.25, 0.3) is 27.5 Å². The molecule has 1 atom stereocenters. The number of ether oxygens (including phenoxy) is 1. The molecule has 15 heteroatoms. The standard InChI is InChI=1S/C26H22ClF3N6O4S/c1-35-23-20(5-4-16(27)21(23)24(33-35)34-41(3,38)39)36-25(18(31)8-12-6-13(28)9-14(29)7-12)32-19-11-15(40-2)10-17(30)22(19)26(36)37/h4-7,9-11,18H,8,31H2,1-3H3,(H,33,34). The van der Waals surface area contributed by atoms with Gasteiger partial charge < -0.3 is 10.5 Å². The lowest BCUT2D eigenvalue weighted by Crippen LogP contribution is -2.30. The summed E-state index contributed by atoms with van der Waals surface area (Å²) >= 11 is 6.44. The maximum absolute atomic E-state index is 15.2. The molecule has 0 radical (unpaired) electrons. The smallest absolute Gasteiger partial charge is 0.269 e. The first-order valence-corrected chi connectivity index (χ1v) is 14.2. The zero-order valence-corrected chi connectivity index (χ0v) is 23.3. The number of benzene rings is 3. The molecule has 2 aromatic heterocycles. The monoisotopic (exact) mass is 606 g/mol. The number of hydrogen-bond acceptors (Lipinski definition) is 7. The van der Waals surface area contributed by atoms with E-state index in [0.29, 0.717) is 6.07 Å². The molecule has 0 aliphatic heterocycles. The van der Waals surface area contributed by atoms with Crippen LogP contribution in [0.5, 0.6) is 5.75 Å². The molecular weight excluding hydrogens is 585 g/mol. The van der Waals surface area contributed by atoms with Gasteiger partial charge in [-0.15, -0.1) is 0 Å². The number of nitrogens with zero attached hydrogens (tertiary/aromatic N) is 4. The molecule has 0 amide bonds. The lowest BCUT2D eigenvalue weighted by molar-refractivity contribution is 0.412. The Kier molecular flexibility index (Phi) is 7.17. The van der Waals surface area contributed by atoms with Crippen molar-refractivity contribution in [3.8, 4) is 11.4 Å². The van der Waals surface area contributed by atoms with Crippen molar-refractivity contribution in [2.75, 3.05) is 18.1 Å². The number of anilines is 1. The van der Waals surface area contributed by atoms with Gasteiger partial charge in [0.15, 0.2) is 5.82 Å². The SMILES string of the molecule is COc1cc(F)c2c(=O)n(-c3ccc(Cl)c4c(NS(C)(=O)=O)nn(C)c34)c(C(N)Cc3cc(F)cc(F)c3)nc2c1. The van der Waals surface area contributed by atoms with Crippen LogP contribution in [0, 0.1) is 17.5 Å². The van der Waals surface area contributed by atoms with Crippen molar-refractivity contribution in [2.45, 2.75) is 12.5 Å². The summed E-state index contributed by atoms with van der Waals surface area (Å²) in [5.74, 6) is -2.62. The van der Waals surface area contributed by atoms with E-state index in [9.17, 15) is 22.0 Å². The van der Waals surface area contributed by atoms with Crippen molar-refractivity contribution >= 4 is 49.2 Å². The maximum Gasteiger partial charge on any atom is 0.269 e. The quantitative estimate of drug-likeness (QED) is 0.286. The van der Waals surface area contributed by atoms with Gasteiger partial charge in [0.05, 0.1) is 46.5 Å². The molecule has 41 heavy (non-hydrogen) atoms. The minimum absolute atomic E-state index is 0.0615. The van der Waals surface area contributed by atoms with E-state index >= 15 is 4.39 Å². The molecule has 10 nitrogen and oxygen atoms in total. The summed E-state index contributed by atoms with van der Waals surface area (Å²) in [4.78, 5) is 18.5. The van der Waals surface area contributed by atoms with Crippen LogP contribution >= 0.6 is 11.6 Å². The van der Waals surface area contributed by atoms with E-state index in [1.54, 1.807) is 0 Å². The molecule has 0 aliphatic rings.